The van der Waals surface area contributed by atoms with E-state index in [1.54, 1.807) is 0 Å². The summed E-state index contributed by atoms with van der Waals surface area (Å²) in [5.41, 5.74) is 0. The Balaban J connectivity index is 2.09. The fraction of sp³-hybridized carbons (Fsp3) is 0.600. The first kappa shape index (κ1) is 12.6. The summed E-state index contributed by atoms with van der Waals surface area (Å²) in [5.74, 6) is -0.462. The molecule has 7 heteroatoms. The van der Waals surface area contributed by atoms with Gasteiger partial charge in [-0.15, -0.1) is 0 Å². The van der Waals surface area contributed by atoms with E-state index in [2.05, 4.69) is 15.0 Å². The number of thiazole rings is 1. The molecule has 0 radical (unpaired) electrons. The second-order valence-corrected chi connectivity index (χ2v) is 5.10. The minimum absolute atomic E-state index is 0.138. The van der Waals surface area contributed by atoms with Crippen LogP contribution in [0, 0.1) is 0 Å². The molecule has 1 aromatic heterocycles. The van der Waals surface area contributed by atoms with Gasteiger partial charge in [0.05, 0.1) is 19.3 Å². The number of hydrogen-bond acceptors (Lipinski definition) is 6. The predicted molar refractivity (Wildman–Crippen MR) is 65.9 cm³/mol. The van der Waals surface area contributed by atoms with Crippen LogP contribution in [0.4, 0.5) is 5.13 Å². The van der Waals surface area contributed by atoms with Crippen molar-refractivity contribution in [1.82, 2.24) is 4.98 Å². The number of rotatable bonds is 3. The van der Waals surface area contributed by atoms with E-state index in [0.29, 0.717) is 10.0 Å². The molecule has 1 saturated heterocycles. The first-order valence-electron chi connectivity index (χ1n) is 5.24. The summed E-state index contributed by atoms with van der Waals surface area (Å²) in [6.07, 6.45) is 1.06. The smallest absolute Gasteiger partial charge is 0.351 e. The lowest BCUT2D eigenvalue weighted by atomic mass is 10.2. The van der Waals surface area contributed by atoms with E-state index >= 15 is 0 Å². The number of nitrogens with zero attached hydrogens (tertiary/aromatic N) is 1. The second-order valence-electron chi connectivity index (χ2n) is 3.75. The highest BCUT2D eigenvalue weighted by atomic mass is 35.5. The molecule has 2 unspecified atom stereocenters. The average Bonchev–Trinajstić information content (AvgIpc) is 2.86. The zero-order valence-corrected chi connectivity index (χ0v) is 11.1. The molecular weight excluding hydrogens is 264 g/mol. The molecular formula is C10H13ClN2O3S. The monoisotopic (exact) mass is 276 g/mol. The van der Waals surface area contributed by atoms with Crippen LogP contribution >= 0.6 is 22.9 Å². The molecule has 0 aromatic carbocycles. The number of nitrogens with one attached hydrogen (secondary N) is 1. The number of methoxy groups -OCH3 is 1. The van der Waals surface area contributed by atoms with Crippen LogP contribution in [0.2, 0.25) is 5.15 Å². The molecule has 1 aliphatic rings. The molecule has 1 N–H and O–H groups in total. The molecule has 2 atom stereocenters. The van der Waals surface area contributed by atoms with Crippen molar-refractivity contribution < 1.29 is 14.3 Å². The van der Waals surface area contributed by atoms with Gasteiger partial charge in [0.15, 0.2) is 15.2 Å². The van der Waals surface area contributed by atoms with Crippen LogP contribution in [-0.2, 0) is 9.47 Å². The molecule has 1 fully saturated rings. The van der Waals surface area contributed by atoms with Gasteiger partial charge in [-0.2, -0.15) is 0 Å². The predicted octanol–water partition coefficient (Wildman–Crippen LogP) is 2.17. The Morgan fingerprint density at radius 2 is 2.47 bits per heavy atom. The Hall–Kier alpha value is -0.850. The van der Waals surface area contributed by atoms with Crippen LogP contribution in [0.5, 0.6) is 0 Å². The standard InChI is InChI=1S/C10H13ClN2O3S/c1-5-6(3-4-16-5)12-10-13-8(11)7(17-10)9(14)15-2/h5-6H,3-4H2,1-2H3,(H,12,13). The normalized spacial score (nSPS) is 23.7. The van der Waals surface area contributed by atoms with Crippen LogP contribution in [0.1, 0.15) is 23.0 Å². The maximum absolute atomic E-state index is 11.4. The highest BCUT2D eigenvalue weighted by molar-refractivity contribution is 7.18. The number of carbonyl (C=O) groups excluding carboxylic acids is 1. The van der Waals surface area contributed by atoms with Crippen LogP contribution in [0.25, 0.3) is 0 Å². The van der Waals surface area contributed by atoms with E-state index in [0.717, 1.165) is 13.0 Å². The number of ether oxygens (including phenoxy) is 2. The summed E-state index contributed by atoms with van der Waals surface area (Å²) in [4.78, 5) is 15.8. The fourth-order valence-corrected chi connectivity index (χ4v) is 2.83. The molecule has 0 bridgehead atoms. The van der Waals surface area contributed by atoms with E-state index in [4.69, 9.17) is 16.3 Å². The third-order valence-corrected chi connectivity index (χ3v) is 3.99. The van der Waals surface area contributed by atoms with Crippen molar-refractivity contribution in [1.29, 1.82) is 0 Å². The van der Waals surface area contributed by atoms with Gasteiger partial charge in [-0.05, 0) is 13.3 Å². The molecule has 0 saturated carbocycles. The van der Waals surface area contributed by atoms with Crippen LogP contribution in [0.15, 0.2) is 0 Å². The fourth-order valence-electron chi connectivity index (χ4n) is 1.66. The van der Waals surface area contributed by atoms with Crippen LogP contribution in [0.3, 0.4) is 0 Å². The maximum Gasteiger partial charge on any atom is 0.351 e. The molecule has 0 spiro atoms. The zero-order chi connectivity index (χ0) is 12.4. The molecule has 5 nitrogen and oxygen atoms in total. The van der Waals surface area contributed by atoms with Crippen LogP contribution in [-0.4, -0.2) is 36.8 Å². The number of esters is 1. The summed E-state index contributed by atoms with van der Waals surface area (Å²) in [7, 11) is 1.32. The molecule has 2 heterocycles. The van der Waals surface area contributed by atoms with Crippen molar-refractivity contribution in [2.75, 3.05) is 19.0 Å². The summed E-state index contributed by atoms with van der Waals surface area (Å²) < 4.78 is 10.0. The van der Waals surface area contributed by atoms with Crippen molar-refractivity contribution in [2.24, 2.45) is 0 Å². The topological polar surface area (TPSA) is 60.5 Å². The third-order valence-electron chi connectivity index (χ3n) is 2.64. The van der Waals surface area contributed by atoms with Gasteiger partial charge in [0.1, 0.15) is 0 Å². The highest BCUT2D eigenvalue weighted by Gasteiger charge is 2.26. The Bertz CT molecular complexity index is 424. The van der Waals surface area contributed by atoms with Crippen LogP contribution < -0.4 is 5.32 Å². The lowest BCUT2D eigenvalue weighted by Crippen LogP contribution is -2.26. The number of hydrogen-bond donors (Lipinski definition) is 1. The summed E-state index contributed by atoms with van der Waals surface area (Å²) in [6, 6.07) is 0.211. The molecule has 1 aromatic rings. The number of anilines is 1. The van der Waals surface area contributed by atoms with Gasteiger partial charge in [0.2, 0.25) is 0 Å². The summed E-state index contributed by atoms with van der Waals surface area (Å²) in [5, 5.41) is 4.02. The van der Waals surface area contributed by atoms with E-state index < -0.39 is 5.97 Å². The number of halogens is 1. The molecule has 0 amide bonds. The minimum Gasteiger partial charge on any atom is -0.465 e. The van der Waals surface area contributed by atoms with E-state index in [9.17, 15) is 4.79 Å². The Morgan fingerprint density at radius 3 is 3.06 bits per heavy atom. The average molecular weight is 277 g/mol. The first-order chi connectivity index (χ1) is 8.11. The summed E-state index contributed by atoms with van der Waals surface area (Å²) >= 11 is 7.06. The zero-order valence-electron chi connectivity index (χ0n) is 9.53. The first-order valence-corrected chi connectivity index (χ1v) is 6.44. The van der Waals surface area contributed by atoms with Gasteiger partial charge in [-0.1, -0.05) is 22.9 Å². The van der Waals surface area contributed by atoms with Crippen molar-refractivity contribution >= 4 is 34.0 Å². The second kappa shape index (κ2) is 5.20. The largest absolute Gasteiger partial charge is 0.465 e. The van der Waals surface area contributed by atoms with Crippen molar-refractivity contribution in [3.63, 3.8) is 0 Å². The SMILES string of the molecule is COC(=O)c1sc(NC2CCOC2C)nc1Cl. The minimum atomic E-state index is -0.462. The van der Waals surface area contributed by atoms with Gasteiger partial charge in [0.25, 0.3) is 0 Å². The van der Waals surface area contributed by atoms with E-state index in [-0.39, 0.29) is 17.3 Å². The quantitative estimate of drug-likeness (QED) is 0.858. The third kappa shape index (κ3) is 2.70. The van der Waals surface area contributed by atoms with Gasteiger partial charge in [-0.3, -0.25) is 0 Å². The van der Waals surface area contributed by atoms with Crippen molar-refractivity contribution in [3.05, 3.63) is 10.0 Å². The van der Waals surface area contributed by atoms with E-state index in [1.807, 2.05) is 6.92 Å². The lowest BCUT2D eigenvalue weighted by Gasteiger charge is -2.14. The molecule has 0 aliphatic carbocycles. The molecule has 1 aliphatic heterocycles. The summed E-state index contributed by atoms with van der Waals surface area (Å²) in [6.45, 7) is 2.74. The molecule has 2 rings (SSSR count). The van der Waals surface area contributed by atoms with Gasteiger partial charge >= 0.3 is 5.97 Å². The lowest BCUT2D eigenvalue weighted by molar-refractivity contribution is 0.0606. The Kier molecular flexibility index (Phi) is 3.86. The van der Waals surface area contributed by atoms with Crippen molar-refractivity contribution in [2.45, 2.75) is 25.5 Å². The van der Waals surface area contributed by atoms with Crippen molar-refractivity contribution in [3.8, 4) is 0 Å². The number of carbonyl (C=O) groups is 1. The van der Waals surface area contributed by atoms with E-state index in [1.165, 1.54) is 18.4 Å². The highest BCUT2D eigenvalue weighted by Crippen LogP contribution is 2.29. The molecule has 17 heavy (non-hydrogen) atoms. The Morgan fingerprint density at radius 1 is 1.71 bits per heavy atom. The van der Waals surface area contributed by atoms with Gasteiger partial charge in [-0.25, -0.2) is 9.78 Å². The molecule has 94 valence electrons. The van der Waals surface area contributed by atoms with Gasteiger partial charge < -0.3 is 14.8 Å². The maximum atomic E-state index is 11.4. The number of aromatic nitrogens is 1. The van der Waals surface area contributed by atoms with Gasteiger partial charge in [0, 0.05) is 6.61 Å². The Labute approximate surface area is 108 Å².